The predicted octanol–water partition coefficient (Wildman–Crippen LogP) is 0.718. The smallest absolute Gasteiger partial charge is 0.283 e. The zero-order valence-corrected chi connectivity index (χ0v) is 12.5. The van der Waals surface area contributed by atoms with Crippen molar-refractivity contribution in [3.05, 3.63) is 33.7 Å². The second kappa shape index (κ2) is 5.31. The molecule has 0 amide bonds. The number of aromatic nitrogens is 2. The van der Waals surface area contributed by atoms with Crippen molar-refractivity contribution in [3.8, 4) is 0 Å². The van der Waals surface area contributed by atoms with Gasteiger partial charge in [0.25, 0.3) is 5.56 Å². The standard InChI is InChI=1S/C13H17BrN4O2/c1-2-4-18-13(19)9(14)8(6-16-18)17-11-10(15)7-3-5-20-12(7)11/h2,6-7,10-12,17H,1,3-5,15H2. The van der Waals surface area contributed by atoms with E-state index in [0.29, 0.717) is 22.6 Å². The first-order valence-corrected chi connectivity index (χ1v) is 7.43. The molecule has 20 heavy (non-hydrogen) atoms. The molecule has 108 valence electrons. The topological polar surface area (TPSA) is 82.2 Å². The van der Waals surface area contributed by atoms with Crippen molar-refractivity contribution < 1.29 is 4.74 Å². The molecule has 6 nitrogen and oxygen atoms in total. The molecular formula is C13H17BrN4O2. The Bertz CT molecular complexity index is 588. The Kier molecular flexibility index (Phi) is 3.66. The summed E-state index contributed by atoms with van der Waals surface area (Å²) in [5, 5.41) is 7.39. The highest BCUT2D eigenvalue weighted by atomic mass is 79.9. The molecule has 2 heterocycles. The van der Waals surface area contributed by atoms with E-state index in [4.69, 9.17) is 10.5 Å². The SMILES string of the molecule is C=CCn1ncc(NC2C(N)C3CCOC32)c(Br)c1=O. The van der Waals surface area contributed by atoms with Crippen molar-refractivity contribution >= 4 is 21.6 Å². The molecule has 7 heteroatoms. The van der Waals surface area contributed by atoms with Crippen molar-refractivity contribution in [1.29, 1.82) is 0 Å². The van der Waals surface area contributed by atoms with Gasteiger partial charge < -0.3 is 15.8 Å². The van der Waals surface area contributed by atoms with Crippen LogP contribution in [0.25, 0.3) is 0 Å². The van der Waals surface area contributed by atoms with E-state index in [-0.39, 0.29) is 23.7 Å². The first-order valence-electron chi connectivity index (χ1n) is 6.63. The quantitative estimate of drug-likeness (QED) is 0.789. The minimum Gasteiger partial charge on any atom is -0.376 e. The lowest BCUT2D eigenvalue weighted by Gasteiger charge is -2.46. The second-order valence-corrected chi connectivity index (χ2v) is 5.98. The Balaban J connectivity index is 1.80. The average Bonchev–Trinajstić information content (AvgIpc) is 2.88. The fourth-order valence-corrected chi connectivity index (χ4v) is 3.35. The van der Waals surface area contributed by atoms with Crippen molar-refractivity contribution in [3.63, 3.8) is 0 Å². The van der Waals surface area contributed by atoms with E-state index in [1.807, 2.05) is 0 Å². The molecule has 0 bridgehead atoms. The third-order valence-electron chi connectivity index (χ3n) is 4.06. The van der Waals surface area contributed by atoms with Gasteiger partial charge in [-0.15, -0.1) is 6.58 Å². The van der Waals surface area contributed by atoms with Gasteiger partial charge in [-0.1, -0.05) is 6.08 Å². The molecular weight excluding hydrogens is 324 g/mol. The van der Waals surface area contributed by atoms with Gasteiger partial charge in [0, 0.05) is 18.6 Å². The molecule has 1 aliphatic carbocycles. The van der Waals surface area contributed by atoms with Crippen LogP contribution in [0.15, 0.2) is 28.1 Å². The maximum Gasteiger partial charge on any atom is 0.283 e. The number of anilines is 1. The summed E-state index contributed by atoms with van der Waals surface area (Å²) in [6.07, 6.45) is 4.42. The number of allylic oxidation sites excluding steroid dienone is 1. The number of hydrogen-bond donors (Lipinski definition) is 2. The summed E-state index contributed by atoms with van der Waals surface area (Å²) < 4.78 is 7.47. The highest BCUT2D eigenvalue weighted by Gasteiger charge is 2.52. The van der Waals surface area contributed by atoms with E-state index in [9.17, 15) is 4.79 Å². The van der Waals surface area contributed by atoms with Gasteiger partial charge in [-0.05, 0) is 22.4 Å². The van der Waals surface area contributed by atoms with Crippen molar-refractivity contribution in [1.82, 2.24) is 9.78 Å². The zero-order valence-electron chi connectivity index (χ0n) is 11.0. The molecule has 1 aromatic heterocycles. The molecule has 3 N–H and O–H groups in total. The van der Waals surface area contributed by atoms with Crippen LogP contribution in [-0.2, 0) is 11.3 Å². The van der Waals surface area contributed by atoms with E-state index >= 15 is 0 Å². The van der Waals surface area contributed by atoms with E-state index in [2.05, 4.69) is 32.9 Å². The number of rotatable bonds is 4. The van der Waals surface area contributed by atoms with Crippen LogP contribution in [0, 0.1) is 5.92 Å². The minimum absolute atomic E-state index is 0.0373. The molecule has 2 aliphatic rings. The van der Waals surface area contributed by atoms with E-state index in [1.165, 1.54) is 4.68 Å². The molecule has 1 saturated carbocycles. The van der Waals surface area contributed by atoms with Crippen molar-refractivity contribution in [2.75, 3.05) is 11.9 Å². The number of nitrogens with one attached hydrogen (secondary N) is 1. The van der Waals surface area contributed by atoms with Crippen LogP contribution < -0.4 is 16.6 Å². The van der Waals surface area contributed by atoms with E-state index < -0.39 is 0 Å². The van der Waals surface area contributed by atoms with E-state index in [0.717, 1.165) is 13.0 Å². The lowest BCUT2D eigenvalue weighted by atomic mass is 9.72. The Morgan fingerprint density at radius 3 is 3.25 bits per heavy atom. The predicted molar refractivity (Wildman–Crippen MR) is 79.6 cm³/mol. The third kappa shape index (κ3) is 2.10. The minimum atomic E-state index is -0.188. The van der Waals surface area contributed by atoms with Gasteiger partial charge in [0.2, 0.25) is 0 Å². The summed E-state index contributed by atoms with van der Waals surface area (Å²) >= 11 is 3.32. The van der Waals surface area contributed by atoms with Crippen LogP contribution in [0.2, 0.25) is 0 Å². The van der Waals surface area contributed by atoms with Crippen LogP contribution >= 0.6 is 15.9 Å². The maximum atomic E-state index is 12.1. The van der Waals surface area contributed by atoms with Gasteiger partial charge in [0.05, 0.1) is 30.6 Å². The Labute approximate surface area is 125 Å². The van der Waals surface area contributed by atoms with Crippen LogP contribution in [0.5, 0.6) is 0 Å². The fraction of sp³-hybridized carbons (Fsp3) is 0.538. The van der Waals surface area contributed by atoms with Gasteiger partial charge >= 0.3 is 0 Å². The summed E-state index contributed by atoms with van der Waals surface area (Å²) in [6.45, 7) is 4.75. The molecule has 1 saturated heterocycles. The second-order valence-electron chi connectivity index (χ2n) is 5.18. The van der Waals surface area contributed by atoms with Gasteiger partial charge in [0.1, 0.15) is 4.47 Å². The molecule has 1 aliphatic heterocycles. The molecule has 0 spiro atoms. The normalized spacial score (nSPS) is 31.5. The Morgan fingerprint density at radius 2 is 2.50 bits per heavy atom. The van der Waals surface area contributed by atoms with Crippen LogP contribution in [-0.4, -0.2) is 34.6 Å². The Hall–Kier alpha value is -1.18. The number of ether oxygens (including phenoxy) is 1. The lowest BCUT2D eigenvalue weighted by Crippen LogP contribution is -2.65. The first-order chi connectivity index (χ1) is 9.63. The summed E-state index contributed by atoms with van der Waals surface area (Å²) in [5.41, 5.74) is 6.62. The molecule has 4 unspecified atom stereocenters. The number of nitrogens with zero attached hydrogens (tertiary/aromatic N) is 2. The third-order valence-corrected chi connectivity index (χ3v) is 4.82. The maximum absolute atomic E-state index is 12.1. The summed E-state index contributed by atoms with van der Waals surface area (Å²) in [7, 11) is 0. The lowest BCUT2D eigenvalue weighted by molar-refractivity contribution is 0.00533. The van der Waals surface area contributed by atoms with Crippen molar-refractivity contribution in [2.45, 2.75) is 31.2 Å². The molecule has 3 rings (SSSR count). The number of halogens is 1. The van der Waals surface area contributed by atoms with Gasteiger partial charge in [-0.3, -0.25) is 4.79 Å². The Morgan fingerprint density at radius 1 is 1.70 bits per heavy atom. The zero-order chi connectivity index (χ0) is 14.3. The molecule has 0 radical (unpaired) electrons. The number of nitrogens with two attached hydrogens (primary N) is 1. The van der Waals surface area contributed by atoms with Crippen molar-refractivity contribution in [2.24, 2.45) is 11.7 Å². The van der Waals surface area contributed by atoms with Gasteiger partial charge in [-0.25, -0.2) is 4.68 Å². The summed E-state index contributed by atoms with van der Waals surface area (Å²) in [4.78, 5) is 12.1. The first kappa shape index (κ1) is 13.8. The van der Waals surface area contributed by atoms with Crippen LogP contribution in [0.1, 0.15) is 6.42 Å². The van der Waals surface area contributed by atoms with Gasteiger partial charge in [0.15, 0.2) is 0 Å². The molecule has 0 aromatic carbocycles. The average molecular weight is 341 g/mol. The van der Waals surface area contributed by atoms with Crippen LogP contribution in [0.3, 0.4) is 0 Å². The number of hydrogen-bond acceptors (Lipinski definition) is 5. The summed E-state index contributed by atoms with van der Waals surface area (Å²) in [6, 6.07) is 0.0975. The van der Waals surface area contributed by atoms with E-state index in [1.54, 1.807) is 12.3 Å². The summed E-state index contributed by atoms with van der Waals surface area (Å²) in [5.74, 6) is 0.431. The molecule has 4 atom stereocenters. The monoisotopic (exact) mass is 340 g/mol. The fourth-order valence-electron chi connectivity index (χ4n) is 2.93. The largest absolute Gasteiger partial charge is 0.376 e. The number of fused-ring (bicyclic) bond motifs is 1. The molecule has 1 aromatic rings. The highest BCUT2D eigenvalue weighted by Crippen LogP contribution is 2.39. The van der Waals surface area contributed by atoms with Gasteiger partial charge in [-0.2, -0.15) is 5.10 Å². The molecule has 2 fully saturated rings. The van der Waals surface area contributed by atoms with Crippen LogP contribution in [0.4, 0.5) is 5.69 Å². The highest BCUT2D eigenvalue weighted by molar-refractivity contribution is 9.10.